The first-order chi connectivity index (χ1) is 5.72. The molecule has 12 heavy (non-hydrogen) atoms. The standard InChI is InChI=1S/C8H16N2OS/c1-7(12)8(11)10-5-2-3-9-4-6-10/h7,9,12H,2-6H2,1H3. The fraction of sp³-hybridized carbons (Fsp3) is 0.875. The minimum Gasteiger partial charge on any atom is -0.340 e. The first-order valence-corrected chi connectivity index (χ1v) is 4.91. The maximum Gasteiger partial charge on any atom is 0.235 e. The van der Waals surface area contributed by atoms with E-state index in [-0.39, 0.29) is 11.2 Å². The maximum atomic E-state index is 11.5. The van der Waals surface area contributed by atoms with Gasteiger partial charge >= 0.3 is 0 Å². The molecule has 0 aromatic heterocycles. The highest BCUT2D eigenvalue weighted by Crippen LogP contribution is 2.03. The highest BCUT2D eigenvalue weighted by molar-refractivity contribution is 7.81. The first-order valence-electron chi connectivity index (χ1n) is 4.39. The molecular weight excluding hydrogens is 172 g/mol. The Labute approximate surface area is 78.9 Å². The highest BCUT2D eigenvalue weighted by atomic mass is 32.1. The molecule has 1 heterocycles. The number of carbonyl (C=O) groups is 1. The predicted octanol–water partition coefficient (Wildman–Crippen LogP) is 0.127. The molecular formula is C8H16N2OS. The summed E-state index contributed by atoms with van der Waals surface area (Å²) in [6, 6.07) is 0. The molecule has 3 nitrogen and oxygen atoms in total. The summed E-state index contributed by atoms with van der Waals surface area (Å²) in [6.45, 7) is 5.45. The van der Waals surface area contributed by atoms with Crippen LogP contribution in [-0.2, 0) is 4.79 Å². The van der Waals surface area contributed by atoms with Crippen molar-refractivity contribution in [3.05, 3.63) is 0 Å². The van der Waals surface area contributed by atoms with Crippen molar-refractivity contribution >= 4 is 18.5 Å². The van der Waals surface area contributed by atoms with E-state index >= 15 is 0 Å². The number of nitrogens with one attached hydrogen (secondary N) is 1. The summed E-state index contributed by atoms with van der Waals surface area (Å²) in [6.07, 6.45) is 1.05. The minimum absolute atomic E-state index is 0.155. The lowest BCUT2D eigenvalue weighted by molar-refractivity contribution is -0.130. The van der Waals surface area contributed by atoms with Crippen LogP contribution >= 0.6 is 12.6 Å². The van der Waals surface area contributed by atoms with Gasteiger partial charge in [-0.3, -0.25) is 4.79 Å². The van der Waals surface area contributed by atoms with Crippen LogP contribution in [0.25, 0.3) is 0 Å². The van der Waals surface area contributed by atoms with E-state index < -0.39 is 0 Å². The SMILES string of the molecule is CC(S)C(=O)N1CCCNCC1. The lowest BCUT2D eigenvalue weighted by atomic mass is 10.3. The molecule has 1 aliphatic heterocycles. The van der Waals surface area contributed by atoms with Gasteiger partial charge in [0.1, 0.15) is 0 Å². The van der Waals surface area contributed by atoms with Crippen molar-refractivity contribution in [2.45, 2.75) is 18.6 Å². The van der Waals surface area contributed by atoms with Crippen molar-refractivity contribution in [3.63, 3.8) is 0 Å². The number of nitrogens with zero attached hydrogens (tertiary/aromatic N) is 1. The topological polar surface area (TPSA) is 32.3 Å². The third-order valence-electron chi connectivity index (χ3n) is 2.01. The monoisotopic (exact) mass is 188 g/mol. The van der Waals surface area contributed by atoms with Crippen LogP contribution in [0.5, 0.6) is 0 Å². The molecule has 1 atom stereocenters. The summed E-state index contributed by atoms with van der Waals surface area (Å²) in [5.74, 6) is 0.155. The summed E-state index contributed by atoms with van der Waals surface area (Å²) in [4.78, 5) is 13.4. The Morgan fingerprint density at radius 3 is 2.92 bits per heavy atom. The Bertz CT molecular complexity index is 153. The molecule has 0 aliphatic carbocycles. The van der Waals surface area contributed by atoms with Crippen LogP contribution in [0.2, 0.25) is 0 Å². The van der Waals surface area contributed by atoms with Crippen LogP contribution in [0.3, 0.4) is 0 Å². The number of hydrogen-bond donors (Lipinski definition) is 2. The molecule has 0 spiro atoms. The second-order valence-corrected chi connectivity index (χ2v) is 3.88. The van der Waals surface area contributed by atoms with Gasteiger partial charge in [-0.2, -0.15) is 12.6 Å². The fourth-order valence-electron chi connectivity index (χ4n) is 1.33. The van der Waals surface area contributed by atoms with Gasteiger partial charge in [0, 0.05) is 19.6 Å². The lowest BCUT2D eigenvalue weighted by Gasteiger charge is -2.21. The van der Waals surface area contributed by atoms with Gasteiger partial charge in [-0.1, -0.05) is 0 Å². The maximum absolute atomic E-state index is 11.5. The average molecular weight is 188 g/mol. The largest absolute Gasteiger partial charge is 0.340 e. The van der Waals surface area contributed by atoms with Crippen molar-refractivity contribution in [1.82, 2.24) is 10.2 Å². The zero-order valence-electron chi connectivity index (χ0n) is 7.42. The van der Waals surface area contributed by atoms with Crippen molar-refractivity contribution in [2.24, 2.45) is 0 Å². The van der Waals surface area contributed by atoms with E-state index in [1.807, 2.05) is 11.8 Å². The van der Waals surface area contributed by atoms with Gasteiger partial charge in [0.15, 0.2) is 0 Å². The Balaban J connectivity index is 2.43. The Morgan fingerprint density at radius 2 is 2.25 bits per heavy atom. The van der Waals surface area contributed by atoms with Crippen LogP contribution in [0.4, 0.5) is 0 Å². The number of hydrogen-bond acceptors (Lipinski definition) is 3. The molecule has 1 saturated heterocycles. The van der Waals surface area contributed by atoms with Crippen molar-refractivity contribution in [3.8, 4) is 0 Å². The van der Waals surface area contributed by atoms with Gasteiger partial charge in [0.05, 0.1) is 5.25 Å². The van der Waals surface area contributed by atoms with Gasteiger partial charge in [-0.15, -0.1) is 0 Å². The van der Waals surface area contributed by atoms with Crippen LogP contribution < -0.4 is 5.32 Å². The summed E-state index contributed by atoms with van der Waals surface area (Å²) >= 11 is 4.13. The van der Waals surface area contributed by atoms with Crippen LogP contribution in [0.15, 0.2) is 0 Å². The second-order valence-electron chi connectivity index (χ2n) is 3.10. The molecule has 0 saturated carbocycles. The lowest BCUT2D eigenvalue weighted by Crippen LogP contribution is -2.38. The molecule has 0 aromatic carbocycles. The van der Waals surface area contributed by atoms with E-state index in [0.717, 1.165) is 32.6 Å². The molecule has 1 amide bonds. The van der Waals surface area contributed by atoms with Gasteiger partial charge in [0.2, 0.25) is 5.91 Å². The van der Waals surface area contributed by atoms with E-state index in [1.165, 1.54) is 0 Å². The van der Waals surface area contributed by atoms with Crippen molar-refractivity contribution in [2.75, 3.05) is 26.2 Å². The van der Waals surface area contributed by atoms with E-state index in [0.29, 0.717) is 0 Å². The van der Waals surface area contributed by atoms with E-state index in [1.54, 1.807) is 0 Å². The first kappa shape index (κ1) is 9.86. The van der Waals surface area contributed by atoms with E-state index in [4.69, 9.17) is 0 Å². The molecule has 1 fully saturated rings. The van der Waals surface area contributed by atoms with Gasteiger partial charge in [0.25, 0.3) is 0 Å². The molecule has 4 heteroatoms. The van der Waals surface area contributed by atoms with Crippen molar-refractivity contribution in [1.29, 1.82) is 0 Å². The Hall–Kier alpha value is -0.220. The van der Waals surface area contributed by atoms with Crippen molar-refractivity contribution < 1.29 is 4.79 Å². The summed E-state index contributed by atoms with van der Waals surface area (Å²) < 4.78 is 0. The van der Waals surface area contributed by atoms with Crippen LogP contribution in [0, 0.1) is 0 Å². The summed E-state index contributed by atoms with van der Waals surface area (Å²) in [7, 11) is 0. The molecule has 0 aromatic rings. The number of thiol groups is 1. The van der Waals surface area contributed by atoms with E-state index in [2.05, 4.69) is 17.9 Å². The minimum atomic E-state index is -0.164. The Morgan fingerprint density at radius 1 is 1.50 bits per heavy atom. The molecule has 1 rings (SSSR count). The molecule has 0 bridgehead atoms. The van der Waals surface area contributed by atoms with Gasteiger partial charge in [-0.25, -0.2) is 0 Å². The fourth-order valence-corrected chi connectivity index (χ4v) is 1.49. The van der Waals surface area contributed by atoms with Gasteiger partial charge in [-0.05, 0) is 19.9 Å². The van der Waals surface area contributed by atoms with Gasteiger partial charge < -0.3 is 10.2 Å². The highest BCUT2D eigenvalue weighted by Gasteiger charge is 2.17. The van der Waals surface area contributed by atoms with Crippen LogP contribution in [-0.4, -0.2) is 42.2 Å². The molecule has 70 valence electrons. The van der Waals surface area contributed by atoms with E-state index in [9.17, 15) is 4.79 Å². The number of rotatable bonds is 1. The zero-order valence-corrected chi connectivity index (χ0v) is 8.31. The zero-order chi connectivity index (χ0) is 8.97. The quantitative estimate of drug-likeness (QED) is 0.573. The normalized spacial score (nSPS) is 21.7. The third kappa shape index (κ3) is 2.68. The molecule has 1 N–H and O–H groups in total. The summed E-state index contributed by atoms with van der Waals surface area (Å²) in [5, 5.41) is 3.09. The van der Waals surface area contributed by atoms with Crippen LogP contribution in [0.1, 0.15) is 13.3 Å². The average Bonchev–Trinajstić information content (AvgIpc) is 2.30. The molecule has 0 radical (unpaired) electrons. The third-order valence-corrected chi connectivity index (χ3v) is 2.23. The summed E-state index contributed by atoms with van der Waals surface area (Å²) in [5.41, 5.74) is 0. The number of carbonyl (C=O) groups excluding carboxylic acids is 1. The number of amides is 1. The smallest absolute Gasteiger partial charge is 0.235 e. The molecule has 1 aliphatic rings. The molecule has 1 unspecified atom stereocenters. The Kier molecular flexibility index (Phi) is 3.88. The predicted molar refractivity (Wildman–Crippen MR) is 52.5 cm³/mol. The second kappa shape index (κ2) is 4.72.